The van der Waals surface area contributed by atoms with Crippen LogP contribution in [0.1, 0.15) is 39.2 Å². The average molecular weight is 557 g/mol. The number of nitrogens with one attached hydrogen (secondary N) is 1. The van der Waals surface area contributed by atoms with E-state index in [-0.39, 0.29) is 31.2 Å². The summed E-state index contributed by atoms with van der Waals surface area (Å²) in [6.45, 7) is 5.45. The Morgan fingerprint density at radius 3 is 2.52 bits per heavy atom. The summed E-state index contributed by atoms with van der Waals surface area (Å²) in [5.41, 5.74) is -0.137. The molecule has 0 spiro atoms. The second kappa shape index (κ2) is 11.6. The fraction of sp³-hybridized carbons (Fsp3) is 0.448. The first-order chi connectivity index (χ1) is 18.9. The van der Waals surface area contributed by atoms with Gasteiger partial charge < -0.3 is 19.7 Å². The number of likely N-dealkylation sites (tertiary alicyclic amines) is 1. The summed E-state index contributed by atoms with van der Waals surface area (Å²) in [6.07, 6.45) is 0.0181. The van der Waals surface area contributed by atoms with E-state index in [1.807, 2.05) is 30.3 Å². The molecule has 0 radical (unpaired) electrons. The topological polar surface area (TPSA) is 101 Å². The Hall–Kier alpha value is -4.02. The molecular formula is C29H34F2N4O5. The molecule has 1 fully saturated rings. The minimum atomic E-state index is -1.06. The zero-order valence-electron chi connectivity index (χ0n) is 23.1. The van der Waals surface area contributed by atoms with E-state index in [0.717, 1.165) is 23.4 Å². The van der Waals surface area contributed by atoms with Crippen LogP contribution >= 0.6 is 0 Å². The third-order valence-electron chi connectivity index (χ3n) is 6.82. The van der Waals surface area contributed by atoms with Gasteiger partial charge in [0.2, 0.25) is 5.91 Å². The van der Waals surface area contributed by atoms with Gasteiger partial charge in [0.25, 0.3) is 5.91 Å². The number of hydrogen-bond donors (Lipinski definition) is 1. The molecule has 0 saturated carbocycles. The van der Waals surface area contributed by atoms with Crippen molar-refractivity contribution >= 4 is 23.6 Å². The first-order valence-corrected chi connectivity index (χ1v) is 13.1. The number of amides is 3. The minimum absolute atomic E-state index is 0.0219. The second-order valence-corrected chi connectivity index (χ2v) is 11.0. The van der Waals surface area contributed by atoms with E-state index in [2.05, 4.69) is 10.4 Å². The summed E-state index contributed by atoms with van der Waals surface area (Å²) in [6, 6.07) is 11.6. The van der Waals surface area contributed by atoms with Gasteiger partial charge in [-0.25, -0.2) is 18.6 Å². The van der Waals surface area contributed by atoms with Crippen LogP contribution in [0.15, 0.2) is 53.6 Å². The van der Waals surface area contributed by atoms with Gasteiger partial charge in [0, 0.05) is 39.0 Å². The van der Waals surface area contributed by atoms with E-state index >= 15 is 0 Å². The monoisotopic (exact) mass is 556 g/mol. The molecule has 11 heteroatoms. The molecular weight excluding hydrogens is 522 g/mol. The van der Waals surface area contributed by atoms with E-state index in [9.17, 15) is 23.2 Å². The largest absolute Gasteiger partial charge is 0.493 e. The normalized spacial score (nSPS) is 19.6. The van der Waals surface area contributed by atoms with Crippen LogP contribution in [0.4, 0.5) is 13.6 Å². The number of carbonyl (C=O) groups is 3. The number of benzene rings is 2. The highest BCUT2D eigenvalue weighted by atomic mass is 19.2. The first-order valence-electron chi connectivity index (χ1n) is 13.1. The maximum atomic E-state index is 13.8. The van der Waals surface area contributed by atoms with Crippen molar-refractivity contribution in [2.45, 2.75) is 51.7 Å². The molecule has 1 saturated heterocycles. The number of hydrogen-bond acceptors (Lipinski definition) is 6. The number of hydrazone groups is 1. The molecule has 2 atom stereocenters. The van der Waals surface area contributed by atoms with Crippen LogP contribution in [-0.2, 0) is 20.7 Å². The number of carbonyl (C=O) groups excluding carboxylic acids is 3. The van der Waals surface area contributed by atoms with Gasteiger partial charge in [-0.15, -0.1) is 0 Å². The minimum Gasteiger partial charge on any atom is -0.493 e. The number of piperidine rings is 1. The van der Waals surface area contributed by atoms with E-state index in [1.54, 1.807) is 32.7 Å². The van der Waals surface area contributed by atoms with Crippen LogP contribution in [-0.4, -0.2) is 71.9 Å². The maximum Gasteiger partial charge on any atom is 0.408 e. The number of nitrogens with zero attached hydrogens (tertiary/aromatic N) is 3. The van der Waals surface area contributed by atoms with Crippen LogP contribution < -0.4 is 10.1 Å². The number of halogens is 2. The second-order valence-electron chi connectivity index (χ2n) is 11.0. The van der Waals surface area contributed by atoms with Gasteiger partial charge in [-0.1, -0.05) is 30.3 Å². The van der Waals surface area contributed by atoms with Gasteiger partial charge in [-0.05, 0) is 44.9 Å². The third kappa shape index (κ3) is 6.57. The van der Waals surface area contributed by atoms with E-state index in [1.165, 1.54) is 11.1 Å². The van der Waals surface area contributed by atoms with Gasteiger partial charge in [-0.3, -0.25) is 9.59 Å². The molecule has 0 aliphatic carbocycles. The van der Waals surface area contributed by atoms with Crippen LogP contribution in [0, 0.1) is 17.0 Å². The molecule has 2 heterocycles. The SMILES string of the molecule is CN1N=C2CCN(C(=O)C(CCOc3ccc(F)c(F)c3)NC(=O)OC(C)(C)C)C[C@@]2(Cc2ccccc2)C1=O. The molecule has 1 unspecified atom stereocenters. The summed E-state index contributed by atoms with van der Waals surface area (Å²) < 4.78 is 37.8. The predicted octanol–water partition coefficient (Wildman–Crippen LogP) is 3.92. The standard InChI is InChI=1S/C29H34F2N4O5/c1-28(2,3)40-27(38)32-23(13-15-39-20-10-11-21(30)22(31)16-20)25(36)35-14-12-24-29(18-35,26(37)34(4)33-24)17-19-8-6-5-7-9-19/h5-11,16,23H,12-15,17-18H2,1-4H3,(H,32,38)/t23?,29-/m1/s1. The van der Waals surface area contributed by atoms with Crippen LogP contribution in [0.25, 0.3) is 0 Å². The van der Waals surface area contributed by atoms with Crippen molar-refractivity contribution in [3.8, 4) is 5.75 Å². The van der Waals surface area contributed by atoms with Crippen molar-refractivity contribution in [1.29, 1.82) is 0 Å². The zero-order chi connectivity index (χ0) is 29.1. The Morgan fingerprint density at radius 1 is 1.12 bits per heavy atom. The molecule has 2 aliphatic rings. The molecule has 0 aromatic heterocycles. The van der Waals surface area contributed by atoms with E-state index in [0.29, 0.717) is 19.4 Å². The third-order valence-corrected chi connectivity index (χ3v) is 6.82. The molecule has 2 aliphatic heterocycles. The Balaban J connectivity index is 1.53. The van der Waals surface area contributed by atoms with Crippen LogP contribution in [0.2, 0.25) is 0 Å². The Morgan fingerprint density at radius 2 is 1.85 bits per heavy atom. The highest BCUT2D eigenvalue weighted by molar-refractivity contribution is 6.13. The number of ether oxygens (including phenoxy) is 2. The van der Waals surface area contributed by atoms with E-state index < -0.39 is 40.7 Å². The lowest BCUT2D eigenvalue weighted by molar-refractivity contribution is -0.141. The number of rotatable bonds is 8. The summed E-state index contributed by atoms with van der Waals surface area (Å²) in [7, 11) is 1.61. The van der Waals surface area contributed by atoms with Crippen molar-refractivity contribution in [2.75, 3.05) is 26.7 Å². The van der Waals surface area contributed by atoms with Crippen molar-refractivity contribution in [1.82, 2.24) is 15.2 Å². The lowest BCUT2D eigenvalue weighted by Gasteiger charge is -2.40. The van der Waals surface area contributed by atoms with Crippen molar-refractivity contribution in [2.24, 2.45) is 10.5 Å². The molecule has 2 aromatic rings. The fourth-order valence-corrected chi connectivity index (χ4v) is 5.00. The average Bonchev–Trinajstić information content (AvgIpc) is 3.13. The molecule has 9 nitrogen and oxygen atoms in total. The quantitative estimate of drug-likeness (QED) is 0.532. The van der Waals surface area contributed by atoms with Crippen LogP contribution in [0.5, 0.6) is 5.75 Å². The molecule has 0 bridgehead atoms. The van der Waals surface area contributed by atoms with Crippen LogP contribution in [0.3, 0.4) is 0 Å². The zero-order valence-corrected chi connectivity index (χ0v) is 23.1. The molecule has 1 N–H and O–H groups in total. The molecule has 2 aromatic carbocycles. The predicted molar refractivity (Wildman–Crippen MR) is 144 cm³/mol. The molecule has 3 amide bonds. The smallest absolute Gasteiger partial charge is 0.408 e. The number of fused-ring (bicyclic) bond motifs is 1. The van der Waals surface area contributed by atoms with Crippen molar-refractivity contribution < 1.29 is 32.6 Å². The van der Waals surface area contributed by atoms with E-state index in [4.69, 9.17) is 9.47 Å². The number of alkyl carbamates (subject to hydrolysis) is 1. The Bertz CT molecular complexity index is 1300. The Labute approximate surface area is 232 Å². The molecule has 4 rings (SSSR count). The fourth-order valence-electron chi connectivity index (χ4n) is 5.00. The van der Waals surface area contributed by atoms with Crippen molar-refractivity contribution in [3.05, 3.63) is 65.7 Å². The van der Waals surface area contributed by atoms with Gasteiger partial charge in [0.15, 0.2) is 11.6 Å². The molecule has 40 heavy (non-hydrogen) atoms. The summed E-state index contributed by atoms with van der Waals surface area (Å²) in [5.74, 6) is -2.58. The highest BCUT2D eigenvalue weighted by Gasteiger charge is 2.53. The van der Waals surface area contributed by atoms with Gasteiger partial charge in [-0.2, -0.15) is 5.10 Å². The van der Waals surface area contributed by atoms with Gasteiger partial charge in [0.05, 0.1) is 12.3 Å². The summed E-state index contributed by atoms with van der Waals surface area (Å²) >= 11 is 0. The summed E-state index contributed by atoms with van der Waals surface area (Å²) in [5, 5.41) is 8.44. The van der Waals surface area contributed by atoms with Crippen molar-refractivity contribution in [3.63, 3.8) is 0 Å². The first kappa shape index (κ1) is 29.0. The van der Waals surface area contributed by atoms with Gasteiger partial charge in [0.1, 0.15) is 22.8 Å². The summed E-state index contributed by atoms with van der Waals surface area (Å²) in [4.78, 5) is 41.5. The molecule has 214 valence electrons. The lowest BCUT2D eigenvalue weighted by Crippen LogP contribution is -2.59. The lowest BCUT2D eigenvalue weighted by atomic mass is 9.73. The Kier molecular flexibility index (Phi) is 8.41. The highest BCUT2D eigenvalue weighted by Crippen LogP contribution is 2.38. The van der Waals surface area contributed by atoms with Gasteiger partial charge >= 0.3 is 6.09 Å². The maximum absolute atomic E-state index is 13.8.